The number of ether oxygens (including phenoxy) is 1. The first-order chi connectivity index (χ1) is 4.35. The largest absolute Gasteiger partial charge is 0.431 e. The molecule has 0 aromatic carbocycles. The van der Waals surface area contributed by atoms with Gasteiger partial charge in [0.1, 0.15) is 12.4 Å². The summed E-state index contributed by atoms with van der Waals surface area (Å²) in [5.41, 5.74) is 0. The van der Waals surface area contributed by atoms with Gasteiger partial charge in [-0.15, -0.1) is 6.61 Å². The Morgan fingerprint density at radius 3 is 2.70 bits per heavy atom. The van der Waals surface area contributed by atoms with Crippen LogP contribution in [-0.4, -0.2) is 24.1 Å². The molecule has 0 fully saturated rings. The van der Waals surface area contributed by atoms with Crippen molar-refractivity contribution in [1.29, 1.82) is 0 Å². The van der Waals surface area contributed by atoms with E-state index in [2.05, 4.69) is 11.3 Å². The van der Waals surface area contributed by atoms with Crippen molar-refractivity contribution in [3.8, 4) is 0 Å². The van der Waals surface area contributed by atoms with Gasteiger partial charge < -0.3 is 14.6 Å². The van der Waals surface area contributed by atoms with Crippen LogP contribution in [0.15, 0.2) is 12.7 Å². The molecule has 0 aliphatic heterocycles. The van der Waals surface area contributed by atoms with E-state index in [-0.39, 0.29) is 37.7 Å². The van der Waals surface area contributed by atoms with Crippen LogP contribution in [0.1, 0.15) is 0 Å². The molecule has 3 nitrogen and oxygen atoms in total. The number of carbonyl (C=O) groups is 1. The standard InChI is InChI=1S/C6H9O3.U/c1-2-3-9-6(4-7)5-8;/h2-4,6,8H,1,5H2;/q-1;/t6-;/m0./s1. The van der Waals surface area contributed by atoms with Crippen LogP contribution in [0.4, 0.5) is 0 Å². The molecule has 10 heavy (non-hydrogen) atoms. The molecule has 0 aromatic heterocycles. The van der Waals surface area contributed by atoms with Crippen molar-refractivity contribution in [2.45, 2.75) is 6.10 Å². The Labute approximate surface area is 83.8 Å². The fourth-order valence-electron chi connectivity index (χ4n) is 0.275. The van der Waals surface area contributed by atoms with Crippen LogP contribution < -0.4 is 0 Å². The Bertz CT molecular complexity index is 95.0. The summed E-state index contributed by atoms with van der Waals surface area (Å²) in [6, 6.07) is 0. The van der Waals surface area contributed by atoms with Gasteiger partial charge in [0.15, 0.2) is 0 Å². The molecule has 0 rings (SSSR count). The van der Waals surface area contributed by atoms with Gasteiger partial charge in [0.2, 0.25) is 0 Å². The number of hydrogen-bond donors (Lipinski definition) is 1. The van der Waals surface area contributed by atoms with Crippen LogP contribution in [-0.2, 0) is 9.53 Å². The Hall–Kier alpha value is 0.252. The maximum atomic E-state index is 9.90. The first kappa shape index (κ1) is 12.9. The molecule has 0 aliphatic rings. The van der Waals surface area contributed by atoms with Crippen LogP contribution in [0.5, 0.6) is 0 Å². The van der Waals surface area contributed by atoms with E-state index in [1.165, 1.54) is 12.7 Å². The van der Waals surface area contributed by atoms with Gasteiger partial charge in [-0.2, -0.15) is 0 Å². The Balaban J connectivity index is 0. The van der Waals surface area contributed by atoms with Gasteiger partial charge in [0.05, 0.1) is 6.61 Å². The second kappa shape index (κ2) is 9.25. The van der Waals surface area contributed by atoms with Crippen molar-refractivity contribution < 1.29 is 45.8 Å². The predicted octanol–water partition coefficient (Wildman–Crippen LogP) is -0.0894. The minimum Gasteiger partial charge on any atom is -0.431 e. The molecule has 0 saturated carbocycles. The van der Waals surface area contributed by atoms with Gasteiger partial charge in [-0.3, -0.25) is 0 Å². The second-order valence-electron chi connectivity index (χ2n) is 1.36. The Morgan fingerprint density at radius 1 is 1.80 bits per heavy atom. The number of aldehydes is 1. The number of aliphatic hydroxyl groups excluding tert-OH is 1. The van der Waals surface area contributed by atoms with E-state index in [1.807, 2.05) is 0 Å². The van der Waals surface area contributed by atoms with Gasteiger partial charge in [0.25, 0.3) is 0 Å². The van der Waals surface area contributed by atoms with E-state index in [0.29, 0.717) is 6.29 Å². The predicted molar refractivity (Wildman–Crippen MR) is 32.5 cm³/mol. The number of hydrogen-bond acceptors (Lipinski definition) is 3. The smallest absolute Gasteiger partial charge is 0.149 e. The maximum absolute atomic E-state index is 9.90. The van der Waals surface area contributed by atoms with Crippen LogP contribution >= 0.6 is 0 Å². The summed E-state index contributed by atoms with van der Waals surface area (Å²) in [5, 5.41) is 8.34. The zero-order chi connectivity index (χ0) is 7.11. The van der Waals surface area contributed by atoms with Crippen molar-refractivity contribution in [3.05, 3.63) is 19.3 Å². The SMILES string of the molecule is C=C[CH-]O[C@@H](C=O)CO.[U]. The fourth-order valence-corrected chi connectivity index (χ4v) is 0.275. The van der Waals surface area contributed by atoms with Crippen molar-refractivity contribution in [1.82, 2.24) is 0 Å². The minimum absolute atomic E-state index is 0. The summed E-state index contributed by atoms with van der Waals surface area (Å²) in [6.07, 6.45) is 1.18. The van der Waals surface area contributed by atoms with Crippen LogP contribution in [0, 0.1) is 37.7 Å². The Morgan fingerprint density at radius 2 is 2.40 bits per heavy atom. The van der Waals surface area contributed by atoms with E-state index in [0.717, 1.165) is 0 Å². The molecule has 0 bridgehead atoms. The van der Waals surface area contributed by atoms with Gasteiger partial charge in [0, 0.05) is 31.1 Å². The molecule has 0 saturated heterocycles. The van der Waals surface area contributed by atoms with Gasteiger partial charge in [-0.1, -0.05) is 0 Å². The zero-order valence-corrected chi connectivity index (χ0v) is 9.65. The third-order valence-corrected chi connectivity index (χ3v) is 0.681. The van der Waals surface area contributed by atoms with E-state index >= 15 is 0 Å². The molecule has 1 N–H and O–H groups in total. The molecule has 4 heteroatoms. The van der Waals surface area contributed by atoms with Crippen molar-refractivity contribution >= 4 is 6.29 Å². The molecule has 0 unspecified atom stereocenters. The molecule has 0 amide bonds. The zero-order valence-electron chi connectivity index (χ0n) is 5.49. The summed E-state index contributed by atoms with van der Waals surface area (Å²) in [7, 11) is 0. The third-order valence-electron chi connectivity index (χ3n) is 0.681. The number of rotatable bonds is 5. The van der Waals surface area contributed by atoms with Crippen molar-refractivity contribution in [2.24, 2.45) is 0 Å². The average molecular weight is 367 g/mol. The van der Waals surface area contributed by atoms with Crippen molar-refractivity contribution in [2.75, 3.05) is 6.61 Å². The average Bonchev–Trinajstić information content (AvgIpc) is 1.91. The summed E-state index contributed by atoms with van der Waals surface area (Å²) in [4.78, 5) is 9.90. The molecule has 0 radical (unpaired) electrons. The Kier molecular flexibility index (Phi) is 11.9. The first-order valence-electron chi connectivity index (χ1n) is 2.51. The first-order valence-corrected chi connectivity index (χ1v) is 2.51. The molecule has 1 atom stereocenters. The molecule has 0 spiro atoms. The third kappa shape index (κ3) is 6.37. The van der Waals surface area contributed by atoms with E-state index < -0.39 is 6.10 Å². The fraction of sp³-hybridized carbons (Fsp3) is 0.333. The monoisotopic (exact) mass is 367 g/mol. The van der Waals surface area contributed by atoms with E-state index in [9.17, 15) is 4.79 Å². The topological polar surface area (TPSA) is 46.5 Å². The number of carbonyl (C=O) groups excluding carboxylic acids is 1. The van der Waals surface area contributed by atoms with Crippen LogP contribution in [0.25, 0.3) is 0 Å². The van der Waals surface area contributed by atoms with Gasteiger partial charge in [-0.25, -0.2) is 12.7 Å². The summed E-state index contributed by atoms with van der Waals surface area (Å²) in [6.45, 7) is 4.28. The molecule has 0 aromatic rings. The van der Waals surface area contributed by atoms with Crippen LogP contribution in [0.3, 0.4) is 0 Å². The minimum atomic E-state index is -0.747. The molecule has 0 heterocycles. The second-order valence-corrected chi connectivity index (χ2v) is 1.36. The van der Waals surface area contributed by atoms with E-state index in [4.69, 9.17) is 5.11 Å². The molecular weight excluding hydrogens is 358 g/mol. The summed E-state index contributed by atoms with van der Waals surface area (Å²) < 4.78 is 4.63. The quantitative estimate of drug-likeness (QED) is 0.546. The van der Waals surface area contributed by atoms with Crippen molar-refractivity contribution in [3.63, 3.8) is 0 Å². The van der Waals surface area contributed by atoms with E-state index in [1.54, 1.807) is 0 Å². The molecule has 0 aliphatic carbocycles. The van der Waals surface area contributed by atoms with Gasteiger partial charge in [-0.05, 0) is 0 Å². The van der Waals surface area contributed by atoms with Crippen LogP contribution in [0.2, 0.25) is 0 Å². The van der Waals surface area contributed by atoms with Gasteiger partial charge >= 0.3 is 0 Å². The summed E-state index contributed by atoms with van der Waals surface area (Å²) >= 11 is 0. The summed E-state index contributed by atoms with van der Waals surface area (Å²) in [5.74, 6) is 0. The number of aliphatic hydroxyl groups is 1. The maximum Gasteiger partial charge on any atom is 0.149 e. The molecular formula is C6H9O3U-. The normalized spacial score (nSPS) is 10.9. The molecule has 56 valence electrons.